The molecule has 0 radical (unpaired) electrons. The number of amides is 1. The number of rotatable bonds is 3. The van der Waals surface area contributed by atoms with Gasteiger partial charge in [0.25, 0.3) is 0 Å². The molecule has 4 heteroatoms. The van der Waals surface area contributed by atoms with Crippen molar-refractivity contribution in [3.8, 4) is 0 Å². The Morgan fingerprint density at radius 2 is 2.33 bits per heavy atom. The molecule has 3 atom stereocenters. The van der Waals surface area contributed by atoms with Gasteiger partial charge in [-0.1, -0.05) is 0 Å². The van der Waals surface area contributed by atoms with Gasteiger partial charge in [0.05, 0.1) is 12.1 Å². The van der Waals surface area contributed by atoms with E-state index in [1.807, 2.05) is 6.92 Å². The summed E-state index contributed by atoms with van der Waals surface area (Å²) in [6.07, 6.45) is 2.50. The number of hydrogen-bond donors (Lipinski definition) is 1. The molecule has 1 saturated heterocycles. The van der Waals surface area contributed by atoms with E-state index < -0.39 is 0 Å². The van der Waals surface area contributed by atoms with Crippen molar-refractivity contribution in [2.75, 3.05) is 7.11 Å². The number of carbonyl (C=O) groups excluding carboxylic acids is 1. The van der Waals surface area contributed by atoms with E-state index in [-0.39, 0.29) is 18.4 Å². The number of methoxy groups -OCH3 is 1. The van der Waals surface area contributed by atoms with E-state index in [0.717, 1.165) is 12.8 Å². The van der Waals surface area contributed by atoms with E-state index in [1.54, 1.807) is 7.11 Å². The lowest BCUT2D eigenvalue weighted by molar-refractivity contribution is -0.190. The summed E-state index contributed by atoms with van der Waals surface area (Å²) in [6, 6.07) is 0.00343. The van der Waals surface area contributed by atoms with E-state index in [1.165, 1.54) is 0 Å². The summed E-state index contributed by atoms with van der Waals surface area (Å²) in [5.74, 6) is 0. The first-order valence-electron chi connectivity index (χ1n) is 4.16. The molecule has 3 unspecified atom stereocenters. The Kier molecular flexibility index (Phi) is 3.49. The molecule has 12 heavy (non-hydrogen) atoms. The highest BCUT2D eigenvalue weighted by Gasteiger charge is 2.28. The van der Waals surface area contributed by atoms with Crippen LogP contribution < -0.4 is 5.32 Å². The normalized spacial score (nSPS) is 36.0. The number of ether oxygens (including phenoxy) is 2. The van der Waals surface area contributed by atoms with Gasteiger partial charge in [0, 0.05) is 7.11 Å². The molecule has 1 heterocycles. The van der Waals surface area contributed by atoms with Crippen LogP contribution in [0.15, 0.2) is 0 Å². The van der Waals surface area contributed by atoms with Gasteiger partial charge in [0.2, 0.25) is 6.41 Å². The number of nitrogens with one attached hydrogen (secondary N) is 1. The fourth-order valence-corrected chi connectivity index (χ4v) is 1.41. The van der Waals surface area contributed by atoms with Crippen molar-refractivity contribution < 1.29 is 14.3 Å². The van der Waals surface area contributed by atoms with Crippen LogP contribution in [0.4, 0.5) is 0 Å². The zero-order chi connectivity index (χ0) is 8.97. The van der Waals surface area contributed by atoms with Crippen molar-refractivity contribution >= 4 is 6.41 Å². The number of hydrogen-bond acceptors (Lipinski definition) is 3. The van der Waals surface area contributed by atoms with Crippen molar-refractivity contribution in [3.63, 3.8) is 0 Å². The van der Waals surface area contributed by atoms with Gasteiger partial charge in [-0.15, -0.1) is 0 Å². The lowest BCUT2D eigenvalue weighted by atomic mass is 10.1. The van der Waals surface area contributed by atoms with Gasteiger partial charge in [0.15, 0.2) is 6.29 Å². The van der Waals surface area contributed by atoms with Crippen molar-refractivity contribution in [1.29, 1.82) is 0 Å². The molecule has 0 aliphatic carbocycles. The topological polar surface area (TPSA) is 47.6 Å². The SMILES string of the molecule is COC1OC(C)CCC1NC=O. The van der Waals surface area contributed by atoms with Crippen LogP contribution in [0.1, 0.15) is 19.8 Å². The summed E-state index contributed by atoms with van der Waals surface area (Å²) in [5.41, 5.74) is 0. The van der Waals surface area contributed by atoms with Crippen molar-refractivity contribution in [2.24, 2.45) is 0 Å². The molecule has 0 aromatic carbocycles. The number of carbonyl (C=O) groups is 1. The minimum absolute atomic E-state index is 0.00343. The smallest absolute Gasteiger partial charge is 0.207 e. The van der Waals surface area contributed by atoms with Gasteiger partial charge in [-0.25, -0.2) is 0 Å². The van der Waals surface area contributed by atoms with Crippen LogP contribution in [0.5, 0.6) is 0 Å². The Morgan fingerprint density at radius 3 is 2.92 bits per heavy atom. The zero-order valence-electron chi connectivity index (χ0n) is 7.45. The lowest BCUT2D eigenvalue weighted by Crippen LogP contribution is -2.47. The fourth-order valence-electron chi connectivity index (χ4n) is 1.41. The Labute approximate surface area is 72.2 Å². The third-order valence-electron chi connectivity index (χ3n) is 2.09. The second-order valence-corrected chi connectivity index (χ2v) is 3.02. The van der Waals surface area contributed by atoms with Crippen LogP contribution in [0, 0.1) is 0 Å². The standard InChI is InChI=1S/C8H15NO3/c1-6-3-4-7(9-5-10)8(11-2)12-6/h5-8H,3-4H2,1-2H3,(H,9,10). The summed E-state index contributed by atoms with van der Waals surface area (Å²) < 4.78 is 10.5. The largest absolute Gasteiger partial charge is 0.354 e. The fraction of sp³-hybridized carbons (Fsp3) is 0.875. The molecule has 1 rings (SSSR count). The molecule has 1 aliphatic rings. The van der Waals surface area contributed by atoms with E-state index in [4.69, 9.17) is 9.47 Å². The molecule has 0 bridgehead atoms. The first kappa shape index (κ1) is 9.48. The zero-order valence-corrected chi connectivity index (χ0v) is 7.45. The third kappa shape index (κ3) is 2.19. The van der Waals surface area contributed by atoms with Crippen LogP contribution in [0.2, 0.25) is 0 Å². The van der Waals surface area contributed by atoms with Gasteiger partial charge >= 0.3 is 0 Å². The van der Waals surface area contributed by atoms with E-state index in [0.29, 0.717) is 6.41 Å². The highest BCUT2D eigenvalue weighted by molar-refractivity contribution is 5.46. The van der Waals surface area contributed by atoms with E-state index in [9.17, 15) is 4.79 Å². The van der Waals surface area contributed by atoms with Crippen molar-refractivity contribution in [2.45, 2.75) is 38.2 Å². The summed E-state index contributed by atoms with van der Waals surface area (Å²) in [6.45, 7) is 2.00. The molecule has 0 spiro atoms. The second-order valence-electron chi connectivity index (χ2n) is 3.02. The van der Waals surface area contributed by atoms with Gasteiger partial charge in [0.1, 0.15) is 0 Å². The van der Waals surface area contributed by atoms with Crippen LogP contribution >= 0.6 is 0 Å². The van der Waals surface area contributed by atoms with E-state index in [2.05, 4.69) is 5.32 Å². The molecule has 4 nitrogen and oxygen atoms in total. The molecule has 1 aliphatic heterocycles. The summed E-state index contributed by atoms with van der Waals surface area (Å²) in [7, 11) is 1.59. The molecule has 0 aromatic heterocycles. The minimum Gasteiger partial charge on any atom is -0.354 e. The predicted octanol–water partition coefficient (Wildman–Crippen LogP) is 0.272. The van der Waals surface area contributed by atoms with Crippen molar-refractivity contribution in [3.05, 3.63) is 0 Å². The maximum Gasteiger partial charge on any atom is 0.207 e. The molecule has 0 saturated carbocycles. The first-order valence-corrected chi connectivity index (χ1v) is 4.16. The van der Waals surface area contributed by atoms with Crippen molar-refractivity contribution in [1.82, 2.24) is 5.32 Å². The lowest BCUT2D eigenvalue weighted by Gasteiger charge is -2.33. The van der Waals surface area contributed by atoms with E-state index >= 15 is 0 Å². The van der Waals surface area contributed by atoms with Crippen LogP contribution in [-0.4, -0.2) is 32.0 Å². The molecule has 0 aromatic rings. The third-order valence-corrected chi connectivity index (χ3v) is 2.09. The quantitative estimate of drug-likeness (QED) is 0.623. The Bertz CT molecular complexity index is 151. The highest BCUT2D eigenvalue weighted by atomic mass is 16.7. The highest BCUT2D eigenvalue weighted by Crippen LogP contribution is 2.19. The average Bonchev–Trinajstić information content (AvgIpc) is 2.08. The van der Waals surface area contributed by atoms with Gasteiger partial charge in [-0.3, -0.25) is 4.79 Å². The maximum absolute atomic E-state index is 10.2. The molecule has 70 valence electrons. The van der Waals surface area contributed by atoms with Gasteiger partial charge in [-0.05, 0) is 19.8 Å². The first-order chi connectivity index (χ1) is 5.77. The Balaban J connectivity index is 2.44. The Morgan fingerprint density at radius 1 is 1.58 bits per heavy atom. The minimum atomic E-state index is -0.293. The monoisotopic (exact) mass is 173 g/mol. The van der Waals surface area contributed by atoms with Crippen LogP contribution in [-0.2, 0) is 14.3 Å². The second kappa shape index (κ2) is 4.42. The van der Waals surface area contributed by atoms with Crippen LogP contribution in [0.3, 0.4) is 0 Å². The van der Waals surface area contributed by atoms with Gasteiger partial charge in [-0.2, -0.15) is 0 Å². The Hall–Kier alpha value is -0.610. The molecular weight excluding hydrogens is 158 g/mol. The molecule has 1 N–H and O–H groups in total. The summed E-state index contributed by atoms with van der Waals surface area (Å²) in [5, 5.41) is 2.68. The average molecular weight is 173 g/mol. The molecule has 1 amide bonds. The molecular formula is C8H15NO3. The predicted molar refractivity (Wildman–Crippen MR) is 43.6 cm³/mol. The van der Waals surface area contributed by atoms with Crippen LogP contribution in [0.25, 0.3) is 0 Å². The summed E-state index contributed by atoms with van der Waals surface area (Å²) >= 11 is 0. The van der Waals surface area contributed by atoms with Gasteiger partial charge < -0.3 is 14.8 Å². The summed E-state index contributed by atoms with van der Waals surface area (Å²) in [4.78, 5) is 10.2. The maximum atomic E-state index is 10.2. The molecule has 1 fully saturated rings.